The van der Waals surface area contributed by atoms with E-state index in [9.17, 15) is 4.79 Å². The van der Waals surface area contributed by atoms with Crippen LogP contribution in [-0.2, 0) is 7.05 Å². The van der Waals surface area contributed by atoms with Gasteiger partial charge in [-0.1, -0.05) is 17.7 Å². The summed E-state index contributed by atoms with van der Waals surface area (Å²) in [4.78, 5) is 15.8. The minimum atomic E-state index is -0.206. The Hall–Kier alpha value is -1.81. The third kappa shape index (κ3) is 2.23. The quantitative estimate of drug-likeness (QED) is 0.812. The number of rotatable bonds is 2. The summed E-state index contributed by atoms with van der Waals surface area (Å²) < 4.78 is 1.74. The maximum Gasteiger partial charge on any atom is 0.273 e. The molecular formula is C11H10ClN3O. The molecule has 0 saturated carbocycles. The second kappa shape index (κ2) is 4.37. The van der Waals surface area contributed by atoms with Gasteiger partial charge in [-0.3, -0.25) is 4.79 Å². The number of nitrogens with zero attached hydrogens (tertiary/aromatic N) is 2. The molecular weight excluding hydrogens is 226 g/mol. The monoisotopic (exact) mass is 235 g/mol. The van der Waals surface area contributed by atoms with Crippen LogP contribution >= 0.6 is 11.6 Å². The molecule has 0 spiro atoms. The number of aromatic nitrogens is 2. The lowest BCUT2D eigenvalue weighted by atomic mass is 10.4. The van der Waals surface area contributed by atoms with Gasteiger partial charge in [0, 0.05) is 13.2 Å². The highest BCUT2D eigenvalue weighted by Gasteiger charge is 2.09. The number of carbonyl (C=O) groups is 1. The predicted octanol–water partition coefficient (Wildman–Crippen LogP) is 2.33. The number of aryl methyl sites for hydroxylation is 1. The third-order valence-corrected chi connectivity index (χ3v) is 2.34. The van der Waals surface area contributed by atoms with Gasteiger partial charge in [-0.15, -0.1) is 0 Å². The van der Waals surface area contributed by atoms with E-state index in [0.717, 1.165) is 0 Å². The van der Waals surface area contributed by atoms with E-state index in [4.69, 9.17) is 11.6 Å². The molecule has 2 heterocycles. The third-order valence-electron chi connectivity index (χ3n) is 2.13. The normalized spacial score (nSPS) is 10.1. The number of hydrogen-bond acceptors (Lipinski definition) is 2. The summed E-state index contributed by atoms with van der Waals surface area (Å²) in [5.74, 6) is 0.237. The van der Waals surface area contributed by atoms with E-state index in [-0.39, 0.29) is 5.91 Å². The molecule has 0 saturated heterocycles. The number of hydrogen-bond donors (Lipinski definition) is 1. The zero-order chi connectivity index (χ0) is 11.5. The van der Waals surface area contributed by atoms with Crippen LogP contribution in [0.2, 0.25) is 5.15 Å². The van der Waals surface area contributed by atoms with E-state index in [1.54, 1.807) is 48.1 Å². The summed E-state index contributed by atoms with van der Waals surface area (Å²) >= 11 is 5.72. The van der Waals surface area contributed by atoms with Gasteiger partial charge in [0.05, 0.1) is 0 Å². The number of carbonyl (C=O) groups excluding carboxylic acids is 1. The number of amides is 1. The first-order valence-corrected chi connectivity index (χ1v) is 5.10. The molecule has 0 radical (unpaired) electrons. The molecule has 2 aromatic heterocycles. The number of nitrogens with one attached hydrogen (secondary N) is 1. The number of pyridine rings is 1. The summed E-state index contributed by atoms with van der Waals surface area (Å²) in [5.41, 5.74) is 0.571. The van der Waals surface area contributed by atoms with E-state index in [0.29, 0.717) is 16.7 Å². The smallest absolute Gasteiger partial charge is 0.273 e. The Bertz CT molecular complexity index is 521. The van der Waals surface area contributed by atoms with Gasteiger partial charge >= 0.3 is 0 Å². The van der Waals surface area contributed by atoms with Crippen molar-refractivity contribution in [2.75, 3.05) is 5.32 Å². The van der Waals surface area contributed by atoms with Gasteiger partial charge in [0.2, 0.25) is 0 Å². The van der Waals surface area contributed by atoms with Gasteiger partial charge in [-0.2, -0.15) is 0 Å². The largest absolute Gasteiger partial charge is 0.347 e. The Morgan fingerprint density at radius 1 is 1.38 bits per heavy atom. The topological polar surface area (TPSA) is 46.9 Å². The minimum Gasteiger partial charge on any atom is -0.347 e. The number of anilines is 1. The summed E-state index contributed by atoms with van der Waals surface area (Å²) in [5, 5.41) is 3.02. The fourth-order valence-corrected chi connectivity index (χ4v) is 1.52. The van der Waals surface area contributed by atoms with E-state index < -0.39 is 0 Å². The van der Waals surface area contributed by atoms with Crippen molar-refractivity contribution in [2.45, 2.75) is 0 Å². The molecule has 5 heteroatoms. The SMILES string of the molecule is Cn1cccc1C(=O)Nc1cccc(Cl)n1. The van der Waals surface area contributed by atoms with Crippen LogP contribution < -0.4 is 5.32 Å². The van der Waals surface area contributed by atoms with Crippen LogP contribution in [0.15, 0.2) is 36.5 Å². The lowest BCUT2D eigenvalue weighted by molar-refractivity contribution is 0.101. The fourth-order valence-electron chi connectivity index (χ4n) is 1.36. The molecule has 0 atom stereocenters. The average Bonchev–Trinajstić information content (AvgIpc) is 2.64. The molecule has 0 aliphatic heterocycles. The molecule has 16 heavy (non-hydrogen) atoms. The van der Waals surface area contributed by atoms with Crippen LogP contribution in [0.25, 0.3) is 0 Å². The van der Waals surface area contributed by atoms with Crippen LogP contribution in [-0.4, -0.2) is 15.5 Å². The molecule has 0 fully saturated rings. The first kappa shape index (κ1) is 10.7. The van der Waals surface area contributed by atoms with Gasteiger partial charge in [-0.25, -0.2) is 4.98 Å². The molecule has 4 nitrogen and oxygen atoms in total. The fraction of sp³-hybridized carbons (Fsp3) is 0.0909. The molecule has 0 aliphatic rings. The minimum absolute atomic E-state index is 0.206. The van der Waals surface area contributed by atoms with Crippen molar-refractivity contribution < 1.29 is 4.79 Å². The van der Waals surface area contributed by atoms with Crippen LogP contribution in [0.1, 0.15) is 10.5 Å². The van der Waals surface area contributed by atoms with Crippen molar-refractivity contribution in [3.8, 4) is 0 Å². The summed E-state index contributed by atoms with van der Waals surface area (Å²) in [6, 6.07) is 8.61. The second-order valence-electron chi connectivity index (χ2n) is 3.30. The molecule has 2 aromatic rings. The van der Waals surface area contributed by atoms with Crippen molar-refractivity contribution in [3.05, 3.63) is 47.4 Å². The Balaban J connectivity index is 2.17. The first-order chi connectivity index (χ1) is 7.66. The molecule has 82 valence electrons. The van der Waals surface area contributed by atoms with Gasteiger partial charge in [0.25, 0.3) is 5.91 Å². The molecule has 0 bridgehead atoms. The van der Waals surface area contributed by atoms with Crippen molar-refractivity contribution in [3.63, 3.8) is 0 Å². The molecule has 0 aromatic carbocycles. The van der Waals surface area contributed by atoms with Crippen LogP contribution in [0.4, 0.5) is 5.82 Å². The van der Waals surface area contributed by atoms with Crippen LogP contribution in [0.3, 0.4) is 0 Å². The highest BCUT2D eigenvalue weighted by Crippen LogP contribution is 2.10. The van der Waals surface area contributed by atoms with Gasteiger partial charge in [0.1, 0.15) is 16.7 Å². The Labute approximate surface area is 97.9 Å². The summed E-state index contributed by atoms with van der Waals surface area (Å²) in [6.45, 7) is 0. The summed E-state index contributed by atoms with van der Waals surface area (Å²) in [7, 11) is 1.81. The van der Waals surface area contributed by atoms with Crippen LogP contribution in [0.5, 0.6) is 0 Å². The molecule has 0 unspecified atom stereocenters. The van der Waals surface area contributed by atoms with E-state index in [1.165, 1.54) is 0 Å². The zero-order valence-electron chi connectivity index (χ0n) is 8.64. The van der Waals surface area contributed by atoms with E-state index in [1.807, 2.05) is 0 Å². The lowest BCUT2D eigenvalue weighted by Gasteiger charge is -2.05. The van der Waals surface area contributed by atoms with Gasteiger partial charge in [0.15, 0.2) is 0 Å². The standard InChI is InChI=1S/C11H10ClN3O/c1-15-7-3-4-8(15)11(16)14-10-6-2-5-9(12)13-10/h2-7H,1H3,(H,13,14,16). The Morgan fingerprint density at radius 2 is 2.19 bits per heavy atom. The number of halogens is 1. The van der Waals surface area contributed by atoms with Gasteiger partial charge in [-0.05, 0) is 24.3 Å². The highest BCUT2D eigenvalue weighted by molar-refractivity contribution is 6.29. The molecule has 1 amide bonds. The van der Waals surface area contributed by atoms with Crippen molar-refractivity contribution in [1.82, 2.24) is 9.55 Å². The first-order valence-electron chi connectivity index (χ1n) is 4.72. The van der Waals surface area contributed by atoms with E-state index >= 15 is 0 Å². The Kier molecular flexibility index (Phi) is 2.92. The highest BCUT2D eigenvalue weighted by atomic mass is 35.5. The second-order valence-corrected chi connectivity index (χ2v) is 3.69. The molecule has 2 rings (SSSR count). The van der Waals surface area contributed by atoms with Crippen molar-refractivity contribution in [2.24, 2.45) is 7.05 Å². The van der Waals surface area contributed by atoms with E-state index in [2.05, 4.69) is 10.3 Å². The summed E-state index contributed by atoms with van der Waals surface area (Å²) in [6.07, 6.45) is 1.81. The average molecular weight is 236 g/mol. The maximum absolute atomic E-state index is 11.8. The zero-order valence-corrected chi connectivity index (χ0v) is 9.40. The molecule has 1 N–H and O–H groups in total. The Morgan fingerprint density at radius 3 is 2.81 bits per heavy atom. The van der Waals surface area contributed by atoms with Crippen molar-refractivity contribution >= 4 is 23.3 Å². The van der Waals surface area contributed by atoms with Gasteiger partial charge < -0.3 is 9.88 Å². The van der Waals surface area contributed by atoms with Crippen LogP contribution in [0, 0.1) is 0 Å². The van der Waals surface area contributed by atoms with Crippen molar-refractivity contribution in [1.29, 1.82) is 0 Å². The lowest BCUT2D eigenvalue weighted by Crippen LogP contribution is -2.16. The predicted molar refractivity (Wildman–Crippen MR) is 62.6 cm³/mol. The maximum atomic E-state index is 11.8. The molecule has 0 aliphatic carbocycles.